The highest BCUT2D eigenvalue weighted by Crippen LogP contribution is 2.32. The van der Waals surface area contributed by atoms with Crippen LogP contribution in [0.5, 0.6) is 0 Å². The van der Waals surface area contributed by atoms with E-state index in [1.165, 1.54) is 32.1 Å². The number of carbonyl (C=O) groups is 2. The van der Waals surface area contributed by atoms with E-state index in [1.54, 1.807) is 6.92 Å². The van der Waals surface area contributed by atoms with Crippen molar-refractivity contribution in [1.82, 2.24) is 20.4 Å². The predicted molar refractivity (Wildman–Crippen MR) is 149 cm³/mol. The van der Waals surface area contributed by atoms with Crippen LogP contribution in [0.1, 0.15) is 84.5 Å². The van der Waals surface area contributed by atoms with E-state index < -0.39 is 17.7 Å². The zero-order valence-electron chi connectivity index (χ0n) is 24.0. The molecule has 39 heavy (non-hydrogen) atoms. The second kappa shape index (κ2) is 14.3. The van der Waals surface area contributed by atoms with Crippen molar-refractivity contribution in [3.63, 3.8) is 0 Å². The second-order valence-corrected chi connectivity index (χ2v) is 12.0. The Hall–Kier alpha value is -2.38. The number of likely N-dealkylation sites (tertiary alicyclic amines) is 1. The molecule has 2 saturated carbocycles. The lowest BCUT2D eigenvalue weighted by atomic mass is 9.84. The van der Waals surface area contributed by atoms with Crippen LogP contribution < -0.4 is 10.6 Å². The molecule has 0 bridgehead atoms. The van der Waals surface area contributed by atoms with Crippen LogP contribution in [0.2, 0.25) is 0 Å². The van der Waals surface area contributed by atoms with E-state index in [4.69, 9.17) is 9.47 Å². The van der Waals surface area contributed by atoms with Crippen molar-refractivity contribution in [3.05, 3.63) is 0 Å². The molecule has 2 unspecified atom stereocenters. The van der Waals surface area contributed by atoms with Crippen molar-refractivity contribution < 1.29 is 19.1 Å². The number of carbonyl (C=O) groups excluding carboxylic acids is 2. The fraction of sp³-hybridized carbons (Fsp3) is 0.862. The lowest BCUT2D eigenvalue weighted by molar-refractivity contribution is -0.124. The van der Waals surface area contributed by atoms with Crippen LogP contribution in [0.4, 0.5) is 4.79 Å². The molecular formula is C29H48N6O4. The van der Waals surface area contributed by atoms with E-state index in [0.29, 0.717) is 63.6 Å². The molecule has 2 atom stereocenters. The Morgan fingerprint density at radius 3 is 2.49 bits per heavy atom. The van der Waals surface area contributed by atoms with E-state index in [0.717, 1.165) is 38.1 Å². The lowest BCUT2D eigenvalue weighted by Gasteiger charge is -2.35. The molecule has 2 heterocycles. The Kier molecular flexibility index (Phi) is 10.9. The van der Waals surface area contributed by atoms with Gasteiger partial charge in [0.05, 0.1) is 25.9 Å². The zero-order chi connectivity index (χ0) is 27.7. The highest BCUT2D eigenvalue weighted by Gasteiger charge is 2.44. The molecular weight excluding hydrogens is 496 g/mol. The largest absolute Gasteiger partial charge is 0.448 e. The van der Waals surface area contributed by atoms with Crippen LogP contribution in [-0.4, -0.2) is 91.4 Å². The van der Waals surface area contributed by atoms with E-state index in [-0.39, 0.29) is 12.5 Å². The number of nitrogens with one attached hydrogen (secondary N) is 2. The quantitative estimate of drug-likeness (QED) is 0.370. The molecule has 2 saturated heterocycles. The molecule has 2 aliphatic heterocycles. The molecule has 0 spiro atoms. The number of amides is 2. The summed E-state index contributed by atoms with van der Waals surface area (Å²) in [6.07, 6.45) is 11.1. The average Bonchev–Trinajstić information content (AvgIpc) is 3.38. The van der Waals surface area contributed by atoms with Crippen molar-refractivity contribution in [3.8, 4) is 6.07 Å². The van der Waals surface area contributed by atoms with Gasteiger partial charge in [0.25, 0.3) is 0 Å². The summed E-state index contributed by atoms with van der Waals surface area (Å²) in [7, 11) is 0. The molecule has 10 heteroatoms. The van der Waals surface area contributed by atoms with Crippen LogP contribution in [0.25, 0.3) is 0 Å². The number of guanidine groups is 1. The number of hydrogen-bond donors (Lipinski definition) is 2. The minimum Gasteiger partial charge on any atom is -0.448 e. The lowest BCUT2D eigenvalue weighted by Crippen LogP contribution is -2.59. The van der Waals surface area contributed by atoms with Gasteiger partial charge in [0, 0.05) is 32.2 Å². The Labute approximate surface area is 233 Å². The Morgan fingerprint density at radius 2 is 1.82 bits per heavy atom. The maximum atomic E-state index is 13.9. The average molecular weight is 545 g/mol. The molecule has 4 aliphatic rings. The van der Waals surface area contributed by atoms with Crippen molar-refractivity contribution >= 4 is 18.0 Å². The number of aliphatic imine (C=N–C) groups is 1. The molecule has 2 N–H and O–H groups in total. The van der Waals surface area contributed by atoms with Gasteiger partial charge < -0.3 is 25.0 Å². The van der Waals surface area contributed by atoms with Crippen LogP contribution in [0.3, 0.4) is 0 Å². The van der Waals surface area contributed by atoms with Crippen LogP contribution in [0.15, 0.2) is 4.99 Å². The Morgan fingerprint density at radius 1 is 1.10 bits per heavy atom. The summed E-state index contributed by atoms with van der Waals surface area (Å²) in [5, 5.41) is 16.8. The summed E-state index contributed by atoms with van der Waals surface area (Å²) in [5.41, 5.74) is -0.899. The molecule has 4 fully saturated rings. The van der Waals surface area contributed by atoms with Crippen LogP contribution in [-0.2, 0) is 14.3 Å². The number of nitriles is 1. The molecule has 10 nitrogen and oxygen atoms in total. The van der Waals surface area contributed by atoms with Crippen molar-refractivity contribution in [1.29, 1.82) is 5.26 Å². The smallest absolute Gasteiger partial charge is 0.436 e. The standard InChI is InChI=1S/C29H48N6O4/c1-3-39-28(37)32-27(34-15-17-38-18-16-34)31-25(19-23-7-5-4-6-8-23)26(36)33-29(20-30)13-14-35(21-29)24-11-9-22(2)10-12-24/h22-25H,3-19,21H2,1-2H3,(H,33,36)(H,31,32,37). The number of hydrogen-bond acceptors (Lipinski definition) is 6. The van der Waals surface area contributed by atoms with E-state index in [2.05, 4.69) is 33.5 Å². The van der Waals surface area contributed by atoms with E-state index >= 15 is 0 Å². The van der Waals surface area contributed by atoms with Crippen LogP contribution in [0, 0.1) is 23.2 Å². The third-order valence-corrected chi connectivity index (χ3v) is 9.07. The Balaban J connectivity index is 1.49. The van der Waals surface area contributed by atoms with E-state index in [9.17, 15) is 14.9 Å². The first-order valence-corrected chi connectivity index (χ1v) is 15.2. The number of nitrogens with zero attached hydrogens (tertiary/aromatic N) is 4. The molecule has 0 aromatic rings. The second-order valence-electron chi connectivity index (χ2n) is 12.0. The van der Waals surface area contributed by atoms with Gasteiger partial charge in [0.1, 0.15) is 11.6 Å². The molecule has 218 valence electrons. The molecule has 2 aliphatic carbocycles. The van der Waals surface area contributed by atoms with Crippen molar-refractivity contribution in [2.75, 3.05) is 46.0 Å². The van der Waals surface area contributed by atoms with Crippen molar-refractivity contribution in [2.24, 2.45) is 16.8 Å². The summed E-state index contributed by atoms with van der Waals surface area (Å²) < 4.78 is 10.6. The number of ether oxygens (including phenoxy) is 2. The SMILES string of the molecule is CCOC(=O)/N=C(\NC(CC1CCCCC1)C(=O)NC1(C#N)CCN(C2CCC(C)CC2)C1)N1CCOCC1. The number of rotatable bonds is 7. The minimum absolute atomic E-state index is 0.189. The monoisotopic (exact) mass is 544 g/mol. The highest BCUT2D eigenvalue weighted by molar-refractivity contribution is 5.94. The summed E-state index contributed by atoms with van der Waals surface area (Å²) in [6, 6.07) is 2.37. The summed E-state index contributed by atoms with van der Waals surface area (Å²) in [6.45, 7) is 7.87. The molecule has 2 amide bonds. The minimum atomic E-state index is -0.899. The normalized spacial score (nSPS) is 29.9. The third kappa shape index (κ3) is 8.31. The first kappa shape index (κ1) is 29.6. The zero-order valence-corrected chi connectivity index (χ0v) is 24.0. The first-order chi connectivity index (χ1) is 18.9. The predicted octanol–water partition coefficient (Wildman–Crippen LogP) is 3.42. The third-order valence-electron chi connectivity index (χ3n) is 9.07. The Bertz CT molecular complexity index is 887. The van der Waals surface area contributed by atoms with Gasteiger partial charge in [-0.1, -0.05) is 39.0 Å². The van der Waals surface area contributed by atoms with Gasteiger partial charge >= 0.3 is 6.09 Å². The maximum Gasteiger partial charge on any atom is 0.436 e. The van der Waals surface area contributed by atoms with Gasteiger partial charge in [-0.15, -0.1) is 4.99 Å². The van der Waals surface area contributed by atoms with Gasteiger partial charge in [-0.05, 0) is 57.3 Å². The first-order valence-electron chi connectivity index (χ1n) is 15.2. The molecule has 4 rings (SSSR count). The maximum absolute atomic E-state index is 13.9. The van der Waals surface area contributed by atoms with Crippen LogP contribution >= 0.6 is 0 Å². The summed E-state index contributed by atoms with van der Waals surface area (Å²) >= 11 is 0. The number of morpholine rings is 1. The van der Waals surface area contributed by atoms with E-state index in [1.807, 2.05) is 4.90 Å². The fourth-order valence-corrected chi connectivity index (χ4v) is 6.66. The van der Waals surface area contributed by atoms with Gasteiger partial charge in [-0.3, -0.25) is 9.69 Å². The highest BCUT2D eigenvalue weighted by atomic mass is 16.5. The van der Waals surface area contributed by atoms with Gasteiger partial charge in [0.15, 0.2) is 0 Å². The van der Waals surface area contributed by atoms with Gasteiger partial charge in [0.2, 0.25) is 11.9 Å². The topological polar surface area (TPSA) is 119 Å². The molecule has 0 radical (unpaired) electrons. The summed E-state index contributed by atoms with van der Waals surface area (Å²) in [5.74, 6) is 1.35. The summed E-state index contributed by atoms with van der Waals surface area (Å²) in [4.78, 5) is 34.9. The van der Waals surface area contributed by atoms with Gasteiger partial charge in [-0.25, -0.2) is 4.79 Å². The van der Waals surface area contributed by atoms with Gasteiger partial charge in [-0.2, -0.15) is 5.26 Å². The molecule has 0 aromatic carbocycles. The molecule has 0 aromatic heterocycles. The fourth-order valence-electron chi connectivity index (χ4n) is 6.66. The van der Waals surface area contributed by atoms with Crippen molar-refractivity contribution in [2.45, 2.75) is 102 Å².